The number of rotatable bonds is 24. The molecule has 0 spiro atoms. The lowest BCUT2D eigenvalue weighted by molar-refractivity contribution is -0.137. The summed E-state index contributed by atoms with van der Waals surface area (Å²) in [7, 11) is -11.5. The van der Waals surface area contributed by atoms with E-state index in [4.69, 9.17) is 21.1 Å². The fraction of sp³-hybridized carbons (Fsp3) is 0.188. The molecule has 0 radical (unpaired) electrons. The zero-order valence-corrected chi connectivity index (χ0v) is 70.6. The smallest absolute Gasteiger partial charge is 0.416 e. The number of aromatic nitrogens is 10. The summed E-state index contributed by atoms with van der Waals surface area (Å²) < 4.78 is 188. The van der Waals surface area contributed by atoms with Crippen molar-refractivity contribution in [3.63, 3.8) is 0 Å². The predicted octanol–water partition coefficient (Wildman–Crippen LogP) is 11.9. The number of aryl methyl sites for hydroxylation is 3. The van der Waals surface area contributed by atoms with Gasteiger partial charge in [-0.05, 0) is 158 Å². The molecule has 1 aliphatic heterocycles. The number of aliphatic hydroxyl groups excluding tert-OH is 1. The monoisotopic (exact) mass is 1800 g/mol. The minimum atomic E-state index is -4.63. The number of aliphatic hydroxyl groups is 1. The van der Waals surface area contributed by atoms with E-state index in [1.165, 1.54) is 99.7 Å². The van der Waals surface area contributed by atoms with Crippen molar-refractivity contribution in [2.45, 2.75) is 74.2 Å². The Morgan fingerprint density at radius 1 is 0.581 bits per heavy atom. The summed E-state index contributed by atoms with van der Waals surface area (Å²) in [6.07, 6.45) is 8.26. The van der Waals surface area contributed by atoms with Crippen LogP contribution in [-0.4, -0.2) is 151 Å². The highest BCUT2D eigenvalue weighted by Gasteiger charge is 2.37. The van der Waals surface area contributed by atoms with Gasteiger partial charge in [-0.25, -0.2) is 81.9 Å². The Kier molecular flexibility index (Phi) is 30.3. The maximum atomic E-state index is 14.1. The molecule has 1 fully saturated rings. The van der Waals surface area contributed by atoms with Crippen LogP contribution in [0, 0.1) is 25.5 Å². The first-order valence-corrected chi connectivity index (χ1v) is 42.9. The third kappa shape index (κ3) is 25.1. The maximum absolute atomic E-state index is 14.1. The fourth-order valence-electron chi connectivity index (χ4n) is 11.7. The van der Waals surface area contributed by atoms with Crippen LogP contribution in [0.1, 0.15) is 55.0 Å². The second kappa shape index (κ2) is 40.5. The quantitative estimate of drug-likeness (QED) is 0.0200. The number of halogens is 6. The number of carbonyl (C=O) groups excluding carboxylic acids is 4. The molecule has 0 bridgehead atoms. The molecular formula is C80H77ClF5N19O15S4. The summed E-state index contributed by atoms with van der Waals surface area (Å²) in [6.45, 7) is 7.36. The zero-order chi connectivity index (χ0) is 90.0. The molecule has 13 rings (SSSR count). The van der Waals surface area contributed by atoms with Gasteiger partial charge in [0.15, 0.2) is 0 Å². The molecule has 648 valence electrons. The molecule has 9 N–H and O–H groups in total. The molecule has 44 heteroatoms. The summed E-state index contributed by atoms with van der Waals surface area (Å²) in [5, 5.41) is 26.8. The molecule has 1 aliphatic rings. The number of carbonyl (C=O) groups is 4. The highest BCUT2D eigenvalue weighted by Crippen LogP contribution is 2.37. The van der Waals surface area contributed by atoms with Crippen molar-refractivity contribution in [3.05, 3.63) is 252 Å². The SMILES string of the molecule is CC(=O)Nc1cc(-c2cnc(Cl)c(S(=O)(=O)N[C@H](CO)c3ccccc3)c2)ccn1.CNC1CN(c2cc(-c3ccnc(NC(C)=O)c3)cnc2C)S(=O)(=O)C1.COc1ncc(-c2ccnc(NC(C)=O)c2)cc1S(=O)(=O)Nc1cccc(C(F)(F)F)c1.Cc1ncc(-c2ccnc(NC(=O)OCc3ccn(C)n3)c2)cc1NS(=O)(=O)c1ccc(F)cc1F. The van der Waals surface area contributed by atoms with Crippen molar-refractivity contribution < 1.29 is 89.4 Å². The van der Waals surface area contributed by atoms with Gasteiger partial charge in [-0.15, -0.1) is 0 Å². The Balaban J connectivity index is 0.000000174. The first-order valence-electron chi connectivity index (χ1n) is 36.5. The first kappa shape index (κ1) is 92.8. The van der Waals surface area contributed by atoms with E-state index in [1.54, 1.807) is 130 Å². The van der Waals surface area contributed by atoms with Crippen LogP contribution in [0.15, 0.2) is 222 Å². The molecule has 1 saturated heterocycles. The summed E-state index contributed by atoms with van der Waals surface area (Å²) in [5.41, 5.74) is 6.05. The van der Waals surface area contributed by atoms with Crippen molar-refractivity contribution in [1.82, 2.24) is 59.7 Å². The number of nitrogens with one attached hydrogen (secondary N) is 8. The van der Waals surface area contributed by atoms with Crippen LogP contribution in [0.4, 0.5) is 67.1 Å². The lowest BCUT2D eigenvalue weighted by atomic mass is 10.1. The van der Waals surface area contributed by atoms with Gasteiger partial charge in [0.25, 0.3) is 20.0 Å². The largest absolute Gasteiger partial charge is 0.480 e. The number of anilines is 7. The second-order valence-corrected chi connectivity index (χ2v) is 34.1. The maximum Gasteiger partial charge on any atom is 0.416 e. The van der Waals surface area contributed by atoms with Gasteiger partial charge in [0, 0.05) is 124 Å². The van der Waals surface area contributed by atoms with Crippen LogP contribution in [-0.2, 0) is 79.0 Å². The zero-order valence-electron chi connectivity index (χ0n) is 66.6. The number of pyridine rings is 8. The molecule has 34 nitrogen and oxygen atoms in total. The van der Waals surface area contributed by atoms with Gasteiger partial charge in [-0.1, -0.05) is 48.0 Å². The molecule has 10 heterocycles. The van der Waals surface area contributed by atoms with E-state index in [1.807, 2.05) is 6.07 Å². The highest BCUT2D eigenvalue weighted by atomic mass is 35.5. The lowest BCUT2D eigenvalue weighted by Crippen LogP contribution is -2.31. The molecule has 2 atom stereocenters. The van der Waals surface area contributed by atoms with E-state index in [2.05, 4.69) is 85.7 Å². The molecule has 124 heavy (non-hydrogen) atoms. The van der Waals surface area contributed by atoms with E-state index in [0.29, 0.717) is 92.0 Å². The van der Waals surface area contributed by atoms with Crippen LogP contribution >= 0.6 is 11.6 Å². The normalized spacial score (nSPS) is 13.2. The standard InChI is InChI=1S/C23H20F2N6O4S.C20H19ClN4O4S.C20H17F3N4O4S.C17H21N5O3S/c1-14-20(30-36(33,34)21-4-3-17(24)11-19(21)25)9-16(12-27-14)15-5-7-26-22(10-15)28-23(32)35-13-18-6-8-31(2)29-18;1-13(27)24-19-10-15(7-8-22-19)16-9-18(20(21)23-11-16)30(28,29)25-17(12-26)14-5-3-2-4-6-14;1-12(28)26-18-9-13(6-7-24-18)14-8-17(19(31-2)25-11-14)32(29,30)27-16-5-3-4-15(10-16)20(21,22)23;1-11-16(22-9-15(18-3)10-26(22,24)25)6-14(8-20-11)13-4-5-19-17(7-13)21-12(2)23/h3-12,30H,13H2,1-2H3,(H,26,28,32);2-11,17,25-26H,12H2,1H3,(H,22,24,27);3-11,27H,1-2H3,(H,24,26,28);4-8,15,18H,9-10H2,1-3H3,(H,19,21,23)/t;17-;;/m.1../s1. The average molecular weight is 1800 g/mol. The number of sulfonamides is 4. The van der Waals surface area contributed by atoms with Crippen molar-refractivity contribution in [3.8, 4) is 50.4 Å². The molecular weight excluding hydrogens is 1730 g/mol. The molecule has 12 aromatic rings. The Bertz CT molecular complexity index is 6440. The van der Waals surface area contributed by atoms with Gasteiger partial charge in [0.1, 0.15) is 61.4 Å². The molecule has 9 aromatic heterocycles. The van der Waals surface area contributed by atoms with Crippen molar-refractivity contribution in [1.29, 1.82) is 0 Å². The minimum Gasteiger partial charge on any atom is -0.480 e. The van der Waals surface area contributed by atoms with E-state index in [9.17, 15) is 79.9 Å². The third-order valence-corrected chi connectivity index (χ3v) is 24.1. The third-order valence-electron chi connectivity index (χ3n) is 17.5. The predicted molar refractivity (Wildman–Crippen MR) is 451 cm³/mol. The van der Waals surface area contributed by atoms with Gasteiger partial charge in [0.05, 0.1) is 66.1 Å². The van der Waals surface area contributed by atoms with Crippen LogP contribution < -0.4 is 49.8 Å². The number of ether oxygens (including phenoxy) is 2. The Labute approximate surface area is 712 Å². The van der Waals surface area contributed by atoms with Crippen LogP contribution in [0.2, 0.25) is 5.15 Å². The fourth-order valence-corrected chi connectivity index (χ4v) is 17.5. The number of methoxy groups -OCH3 is 1. The van der Waals surface area contributed by atoms with Crippen LogP contribution in [0.25, 0.3) is 44.5 Å². The van der Waals surface area contributed by atoms with Gasteiger partial charge < -0.3 is 35.8 Å². The number of benzene rings is 3. The number of amides is 4. The summed E-state index contributed by atoms with van der Waals surface area (Å²) in [5.74, 6) is -1.93. The summed E-state index contributed by atoms with van der Waals surface area (Å²) in [4.78, 5) is 77.3. The van der Waals surface area contributed by atoms with Crippen LogP contribution in [0.3, 0.4) is 0 Å². The van der Waals surface area contributed by atoms with Crippen molar-refractivity contribution in [2.75, 3.05) is 68.1 Å². The lowest BCUT2D eigenvalue weighted by Gasteiger charge is -2.20. The summed E-state index contributed by atoms with van der Waals surface area (Å²) >= 11 is 6.08. The first-order chi connectivity index (χ1) is 58.7. The average Bonchev–Trinajstić information content (AvgIpc) is 1.50. The number of alkyl halides is 3. The molecule has 3 aromatic carbocycles. The van der Waals surface area contributed by atoms with Gasteiger partial charge in [-0.2, -0.15) is 18.3 Å². The van der Waals surface area contributed by atoms with E-state index >= 15 is 0 Å². The minimum absolute atomic E-state index is 0.0214. The van der Waals surface area contributed by atoms with E-state index in [0.717, 1.165) is 35.4 Å². The number of hydrogen-bond donors (Lipinski definition) is 9. The van der Waals surface area contributed by atoms with Gasteiger partial charge in [0.2, 0.25) is 43.6 Å². The van der Waals surface area contributed by atoms with Crippen molar-refractivity contribution in [2.24, 2.45) is 7.05 Å². The second-order valence-electron chi connectivity index (χ2n) is 26.8. The van der Waals surface area contributed by atoms with Gasteiger partial charge >= 0.3 is 12.3 Å². The summed E-state index contributed by atoms with van der Waals surface area (Å²) in [6, 6.07) is 34.4. The Morgan fingerprint density at radius 3 is 1.60 bits per heavy atom. The number of hydrogen-bond acceptors (Lipinski definition) is 25. The van der Waals surface area contributed by atoms with Gasteiger partial charge in [-0.3, -0.25) is 48.1 Å². The van der Waals surface area contributed by atoms with Crippen LogP contribution in [0.5, 0.6) is 5.88 Å². The number of likely N-dealkylation sites (N-methyl/N-ethyl adjacent to an activating group) is 1. The Hall–Kier alpha value is -13.4. The van der Waals surface area contributed by atoms with E-state index in [-0.39, 0.29) is 80.0 Å². The highest BCUT2D eigenvalue weighted by molar-refractivity contribution is 7.93. The molecule has 0 aliphatic carbocycles. The Morgan fingerprint density at radius 2 is 1.10 bits per heavy atom. The van der Waals surface area contributed by atoms with E-state index < -0.39 is 87.1 Å². The topological polar surface area (TPSA) is 464 Å². The molecule has 1 unspecified atom stereocenters. The van der Waals surface area contributed by atoms with Crippen molar-refractivity contribution >= 4 is 116 Å². The molecule has 4 amide bonds. The molecule has 0 saturated carbocycles. The number of nitrogens with zero attached hydrogens (tertiary/aromatic N) is 11.